The molecule has 0 saturated carbocycles. The van der Waals surface area contributed by atoms with Crippen LogP contribution >= 0.6 is 0 Å². The minimum absolute atomic E-state index is 0.0159. The lowest BCUT2D eigenvalue weighted by atomic mass is 9.86. The molecule has 0 N–H and O–H groups in total. The molecule has 0 saturated heterocycles. The van der Waals surface area contributed by atoms with E-state index in [1.807, 2.05) is 45.9 Å². The van der Waals surface area contributed by atoms with E-state index in [4.69, 9.17) is 0 Å². The Balaban J connectivity index is 1.87. The summed E-state index contributed by atoms with van der Waals surface area (Å²) >= 11 is 0. The number of anilines is 2. The second-order valence-electron chi connectivity index (χ2n) is 7.06. The smallest absolute Gasteiger partial charge is 0.242 e. The summed E-state index contributed by atoms with van der Waals surface area (Å²) in [5.74, 6) is 0.511. The van der Waals surface area contributed by atoms with Crippen LogP contribution in [0.4, 0.5) is 11.5 Å². The minimum atomic E-state index is -0.626. The van der Waals surface area contributed by atoms with Crippen LogP contribution in [0.1, 0.15) is 30.8 Å². The summed E-state index contributed by atoms with van der Waals surface area (Å²) in [6.45, 7) is 7.63. The molecule has 1 aromatic carbocycles. The largest absolute Gasteiger partial charge is 0.273 e. The number of fused-ring (bicyclic) bond motifs is 1. The van der Waals surface area contributed by atoms with Crippen molar-refractivity contribution in [3.05, 3.63) is 59.9 Å². The second kappa shape index (κ2) is 5.69. The number of carbonyl (C=O) groups is 1. The molecule has 0 fully saturated rings. The Labute approximate surface area is 152 Å². The highest BCUT2D eigenvalue weighted by Crippen LogP contribution is 2.45. The molecule has 0 spiro atoms. The van der Waals surface area contributed by atoms with Gasteiger partial charge in [-0.1, -0.05) is 12.1 Å². The van der Waals surface area contributed by atoms with Crippen molar-refractivity contribution in [2.24, 2.45) is 0 Å². The van der Waals surface area contributed by atoms with Gasteiger partial charge in [-0.05, 0) is 39.3 Å². The van der Waals surface area contributed by atoms with Gasteiger partial charge in [-0.2, -0.15) is 0 Å². The fourth-order valence-corrected chi connectivity index (χ4v) is 3.18. The highest BCUT2D eigenvalue weighted by atomic mass is 16.2. The van der Waals surface area contributed by atoms with Crippen LogP contribution in [0.5, 0.6) is 0 Å². The SMILES string of the molecule is Cc1cnc(-c2ccc3c(c2)N(c2cnc(C)cn2)C(=O)C3(C)C)cn1. The zero-order valence-corrected chi connectivity index (χ0v) is 15.2. The standard InChI is InChI=1S/C20H19N5O/c1-12-8-23-16(10-21-12)14-5-6-15-17(7-14)25(19(26)20(15,3)4)18-11-22-13(2)9-24-18/h5-11H,1-4H3. The average Bonchev–Trinajstić information content (AvgIpc) is 2.83. The maximum atomic E-state index is 13.1. The number of hydrogen-bond acceptors (Lipinski definition) is 5. The van der Waals surface area contributed by atoms with E-state index in [1.165, 1.54) is 0 Å². The van der Waals surface area contributed by atoms with E-state index in [1.54, 1.807) is 29.7 Å². The molecular weight excluding hydrogens is 326 g/mol. The van der Waals surface area contributed by atoms with Gasteiger partial charge in [-0.3, -0.25) is 24.6 Å². The van der Waals surface area contributed by atoms with Crippen LogP contribution < -0.4 is 4.90 Å². The number of rotatable bonds is 2. The Hall–Kier alpha value is -3.15. The number of carbonyl (C=O) groups excluding carboxylic acids is 1. The third-order valence-electron chi connectivity index (χ3n) is 4.72. The van der Waals surface area contributed by atoms with Gasteiger partial charge in [0.2, 0.25) is 5.91 Å². The van der Waals surface area contributed by atoms with Crippen LogP contribution in [0.15, 0.2) is 43.0 Å². The molecule has 0 unspecified atom stereocenters. The molecular formula is C20H19N5O. The van der Waals surface area contributed by atoms with Crippen molar-refractivity contribution in [1.82, 2.24) is 19.9 Å². The van der Waals surface area contributed by atoms with Gasteiger partial charge in [-0.25, -0.2) is 4.98 Å². The molecule has 1 aliphatic rings. The van der Waals surface area contributed by atoms with Gasteiger partial charge in [-0.15, -0.1) is 0 Å². The molecule has 6 heteroatoms. The summed E-state index contributed by atoms with van der Waals surface area (Å²) in [4.78, 5) is 32.2. The molecule has 130 valence electrons. The van der Waals surface area contributed by atoms with Crippen LogP contribution in [-0.4, -0.2) is 25.8 Å². The quantitative estimate of drug-likeness (QED) is 0.711. The first-order valence-corrected chi connectivity index (χ1v) is 8.44. The van der Waals surface area contributed by atoms with E-state index in [2.05, 4.69) is 19.9 Å². The van der Waals surface area contributed by atoms with Gasteiger partial charge in [0, 0.05) is 11.8 Å². The monoisotopic (exact) mass is 345 g/mol. The number of nitrogens with zero attached hydrogens (tertiary/aromatic N) is 5. The number of hydrogen-bond donors (Lipinski definition) is 0. The second-order valence-corrected chi connectivity index (χ2v) is 7.06. The van der Waals surface area contributed by atoms with Gasteiger partial charge in [0.05, 0.1) is 46.8 Å². The van der Waals surface area contributed by atoms with E-state index in [-0.39, 0.29) is 5.91 Å². The van der Waals surface area contributed by atoms with E-state index >= 15 is 0 Å². The zero-order valence-electron chi connectivity index (χ0n) is 15.2. The molecule has 0 radical (unpaired) electrons. The summed E-state index contributed by atoms with van der Waals surface area (Å²) in [5.41, 5.74) is 4.51. The topological polar surface area (TPSA) is 71.9 Å². The maximum Gasteiger partial charge on any atom is 0.242 e. The van der Waals surface area contributed by atoms with Gasteiger partial charge in [0.25, 0.3) is 0 Å². The lowest BCUT2D eigenvalue weighted by Crippen LogP contribution is -2.33. The molecule has 1 amide bonds. The Kier molecular flexibility index (Phi) is 3.57. The summed E-state index contributed by atoms with van der Waals surface area (Å²) in [7, 11) is 0. The van der Waals surface area contributed by atoms with Crippen molar-refractivity contribution < 1.29 is 4.79 Å². The number of benzene rings is 1. The highest BCUT2D eigenvalue weighted by molar-refractivity contribution is 6.12. The molecule has 0 bridgehead atoms. The third-order valence-corrected chi connectivity index (χ3v) is 4.72. The van der Waals surface area contributed by atoms with Crippen molar-refractivity contribution in [2.75, 3.05) is 4.90 Å². The van der Waals surface area contributed by atoms with E-state index < -0.39 is 5.41 Å². The molecule has 6 nitrogen and oxygen atoms in total. The van der Waals surface area contributed by atoms with Crippen LogP contribution in [0.3, 0.4) is 0 Å². The molecule has 1 aliphatic heterocycles. The van der Waals surface area contributed by atoms with Gasteiger partial charge >= 0.3 is 0 Å². The average molecular weight is 345 g/mol. The van der Waals surface area contributed by atoms with Crippen molar-refractivity contribution in [2.45, 2.75) is 33.1 Å². The fraction of sp³-hybridized carbons (Fsp3) is 0.250. The van der Waals surface area contributed by atoms with Crippen LogP contribution in [-0.2, 0) is 10.2 Å². The van der Waals surface area contributed by atoms with Crippen molar-refractivity contribution in [3.8, 4) is 11.3 Å². The zero-order chi connectivity index (χ0) is 18.5. The molecule has 26 heavy (non-hydrogen) atoms. The first-order chi connectivity index (χ1) is 12.4. The van der Waals surface area contributed by atoms with Gasteiger partial charge < -0.3 is 0 Å². The number of amides is 1. The molecule has 2 aromatic heterocycles. The first-order valence-electron chi connectivity index (χ1n) is 8.44. The van der Waals surface area contributed by atoms with E-state index in [0.29, 0.717) is 5.82 Å². The van der Waals surface area contributed by atoms with Crippen molar-refractivity contribution in [1.29, 1.82) is 0 Å². The van der Waals surface area contributed by atoms with Crippen molar-refractivity contribution in [3.63, 3.8) is 0 Å². The Bertz CT molecular complexity index is 994. The lowest BCUT2D eigenvalue weighted by Gasteiger charge is -2.19. The Morgan fingerprint density at radius 1 is 0.885 bits per heavy atom. The molecule has 4 rings (SSSR count). The normalized spacial score (nSPS) is 15.2. The van der Waals surface area contributed by atoms with Crippen LogP contribution in [0.2, 0.25) is 0 Å². The summed E-state index contributed by atoms with van der Waals surface area (Å²) in [5, 5.41) is 0. The summed E-state index contributed by atoms with van der Waals surface area (Å²) < 4.78 is 0. The van der Waals surface area contributed by atoms with Gasteiger partial charge in [0.15, 0.2) is 5.82 Å². The highest BCUT2D eigenvalue weighted by Gasteiger charge is 2.45. The minimum Gasteiger partial charge on any atom is -0.273 e. The molecule has 0 aliphatic carbocycles. The number of aromatic nitrogens is 4. The summed E-state index contributed by atoms with van der Waals surface area (Å²) in [6.07, 6.45) is 6.79. The van der Waals surface area contributed by atoms with Crippen molar-refractivity contribution >= 4 is 17.4 Å². The van der Waals surface area contributed by atoms with Crippen LogP contribution in [0, 0.1) is 13.8 Å². The predicted molar refractivity (Wildman–Crippen MR) is 99.1 cm³/mol. The fourth-order valence-electron chi connectivity index (χ4n) is 3.18. The Morgan fingerprint density at radius 3 is 2.19 bits per heavy atom. The van der Waals surface area contributed by atoms with Crippen LogP contribution in [0.25, 0.3) is 11.3 Å². The predicted octanol–water partition coefficient (Wildman–Crippen LogP) is 3.51. The van der Waals surface area contributed by atoms with Gasteiger partial charge in [0.1, 0.15) is 0 Å². The molecule has 3 heterocycles. The number of aryl methyl sites for hydroxylation is 2. The van der Waals surface area contributed by atoms with E-state index in [0.717, 1.165) is 33.9 Å². The van der Waals surface area contributed by atoms with E-state index in [9.17, 15) is 4.79 Å². The molecule has 0 atom stereocenters. The third kappa shape index (κ3) is 2.45. The molecule has 3 aromatic rings. The maximum absolute atomic E-state index is 13.1. The summed E-state index contributed by atoms with van der Waals surface area (Å²) in [6, 6.07) is 5.95. The Morgan fingerprint density at radius 2 is 1.58 bits per heavy atom. The lowest BCUT2D eigenvalue weighted by molar-refractivity contribution is -0.121. The first kappa shape index (κ1) is 16.3.